The number of aromatic nitrogens is 1. The molecular formula is C16H20N2O4S. The third kappa shape index (κ3) is 3.80. The SMILES string of the molecule is COc1cc(C)c(S(=O)(=O)NCc2ccc(=O)n(C)c2)cc1C. The van der Waals surface area contributed by atoms with Crippen LogP contribution in [0.5, 0.6) is 5.75 Å². The van der Waals surface area contributed by atoms with Crippen molar-refractivity contribution in [2.75, 3.05) is 7.11 Å². The number of hydrogen-bond acceptors (Lipinski definition) is 4. The monoisotopic (exact) mass is 336 g/mol. The maximum absolute atomic E-state index is 12.5. The highest BCUT2D eigenvalue weighted by Gasteiger charge is 2.18. The van der Waals surface area contributed by atoms with Crippen molar-refractivity contribution in [3.8, 4) is 5.75 Å². The minimum Gasteiger partial charge on any atom is -0.496 e. The predicted molar refractivity (Wildman–Crippen MR) is 88.2 cm³/mol. The van der Waals surface area contributed by atoms with E-state index in [2.05, 4.69) is 4.72 Å². The van der Waals surface area contributed by atoms with Crippen molar-refractivity contribution in [2.45, 2.75) is 25.3 Å². The maximum Gasteiger partial charge on any atom is 0.250 e. The molecule has 7 heteroatoms. The summed E-state index contributed by atoms with van der Waals surface area (Å²) in [5.41, 5.74) is 1.93. The zero-order chi connectivity index (χ0) is 17.2. The summed E-state index contributed by atoms with van der Waals surface area (Å²) >= 11 is 0. The van der Waals surface area contributed by atoms with Crippen molar-refractivity contribution in [3.63, 3.8) is 0 Å². The van der Waals surface area contributed by atoms with Gasteiger partial charge in [-0.2, -0.15) is 0 Å². The predicted octanol–water partition coefficient (Wildman–Crippen LogP) is 1.49. The van der Waals surface area contributed by atoms with Crippen LogP contribution < -0.4 is 15.0 Å². The summed E-state index contributed by atoms with van der Waals surface area (Å²) in [6.07, 6.45) is 1.61. The van der Waals surface area contributed by atoms with Crippen LogP contribution in [0.25, 0.3) is 0 Å². The molecule has 0 aliphatic rings. The Morgan fingerprint density at radius 3 is 2.48 bits per heavy atom. The lowest BCUT2D eigenvalue weighted by Crippen LogP contribution is -2.25. The summed E-state index contributed by atoms with van der Waals surface area (Å²) in [6, 6.07) is 6.32. The number of sulfonamides is 1. The first-order valence-electron chi connectivity index (χ1n) is 7.05. The van der Waals surface area contributed by atoms with Crippen molar-refractivity contribution in [3.05, 3.63) is 57.5 Å². The van der Waals surface area contributed by atoms with E-state index in [0.29, 0.717) is 16.9 Å². The molecule has 0 atom stereocenters. The molecule has 1 heterocycles. The minimum absolute atomic E-state index is 0.112. The van der Waals surface area contributed by atoms with Crippen LogP contribution in [0.1, 0.15) is 16.7 Å². The summed E-state index contributed by atoms with van der Waals surface area (Å²) in [5, 5.41) is 0. The van der Waals surface area contributed by atoms with Crippen molar-refractivity contribution < 1.29 is 13.2 Å². The van der Waals surface area contributed by atoms with Gasteiger partial charge in [0.15, 0.2) is 0 Å². The fourth-order valence-corrected chi connectivity index (χ4v) is 3.61. The Labute approximate surface area is 135 Å². The topological polar surface area (TPSA) is 77.4 Å². The van der Waals surface area contributed by atoms with Gasteiger partial charge in [-0.25, -0.2) is 13.1 Å². The van der Waals surface area contributed by atoms with Crippen LogP contribution in [0.15, 0.2) is 40.2 Å². The van der Waals surface area contributed by atoms with Crippen molar-refractivity contribution in [2.24, 2.45) is 7.05 Å². The molecule has 0 saturated carbocycles. The molecule has 0 fully saturated rings. The zero-order valence-electron chi connectivity index (χ0n) is 13.6. The third-order valence-corrected chi connectivity index (χ3v) is 5.14. The highest BCUT2D eigenvalue weighted by atomic mass is 32.2. The summed E-state index contributed by atoms with van der Waals surface area (Å²) in [7, 11) is -0.481. The van der Waals surface area contributed by atoms with Crippen LogP contribution in [-0.4, -0.2) is 20.1 Å². The molecule has 0 aliphatic carbocycles. The van der Waals surface area contributed by atoms with Crippen LogP contribution in [0, 0.1) is 13.8 Å². The summed E-state index contributed by atoms with van der Waals surface area (Å²) in [4.78, 5) is 11.6. The fraction of sp³-hybridized carbons (Fsp3) is 0.312. The Hall–Kier alpha value is -2.12. The number of hydrogen-bond donors (Lipinski definition) is 1. The molecule has 1 aromatic carbocycles. The van der Waals surface area contributed by atoms with E-state index in [-0.39, 0.29) is 17.0 Å². The fourth-order valence-electron chi connectivity index (χ4n) is 2.28. The molecule has 0 radical (unpaired) electrons. The summed E-state index contributed by atoms with van der Waals surface area (Å²) in [6.45, 7) is 3.63. The quantitative estimate of drug-likeness (QED) is 0.897. The summed E-state index contributed by atoms with van der Waals surface area (Å²) in [5.74, 6) is 0.652. The van der Waals surface area contributed by atoms with Gasteiger partial charge in [-0.05, 0) is 42.7 Å². The number of rotatable bonds is 5. The Morgan fingerprint density at radius 1 is 1.17 bits per heavy atom. The first kappa shape index (κ1) is 17.2. The lowest BCUT2D eigenvalue weighted by Gasteiger charge is -2.13. The molecular weight excluding hydrogens is 316 g/mol. The Kier molecular flexibility index (Phi) is 4.91. The Balaban J connectivity index is 2.27. The molecule has 0 aliphatic heterocycles. The number of benzene rings is 1. The minimum atomic E-state index is -3.65. The second kappa shape index (κ2) is 6.55. The molecule has 0 saturated heterocycles. The van der Waals surface area contributed by atoms with Crippen LogP contribution in [0.4, 0.5) is 0 Å². The number of methoxy groups -OCH3 is 1. The van der Waals surface area contributed by atoms with E-state index >= 15 is 0 Å². The van der Waals surface area contributed by atoms with E-state index in [4.69, 9.17) is 4.74 Å². The van der Waals surface area contributed by atoms with Gasteiger partial charge in [-0.1, -0.05) is 6.07 Å². The highest BCUT2D eigenvalue weighted by Crippen LogP contribution is 2.25. The number of ether oxygens (including phenoxy) is 1. The van der Waals surface area contributed by atoms with Crippen molar-refractivity contribution in [1.29, 1.82) is 0 Å². The molecule has 6 nitrogen and oxygen atoms in total. The molecule has 124 valence electrons. The second-order valence-electron chi connectivity index (χ2n) is 5.40. The van der Waals surface area contributed by atoms with Gasteiger partial charge in [0.2, 0.25) is 15.6 Å². The van der Waals surface area contributed by atoms with Gasteiger partial charge in [0.25, 0.3) is 0 Å². The van der Waals surface area contributed by atoms with E-state index in [1.54, 1.807) is 52.4 Å². The second-order valence-corrected chi connectivity index (χ2v) is 7.13. The van der Waals surface area contributed by atoms with Crippen molar-refractivity contribution in [1.82, 2.24) is 9.29 Å². The van der Waals surface area contributed by atoms with Gasteiger partial charge in [-0.3, -0.25) is 4.79 Å². The molecule has 0 unspecified atom stereocenters. The zero-order valence-corrected chi connectivity index (χ0v) is 14.4. The maximum atomic E-state index is 12.5. The van der Waals surface area contributed by atoms with Gasteiger partial charge in [-0.15, -0.1) is 0 Å². The van der Waals surface area contributed by atoms with Gasteiger partial charge in [0, 0.05) is 25.9 Å². The summed E-state index contributed by atoms with van der Waals surface area (Å²) < 4.78 is 34.2. The first-order valence-corrected chi connectivity index (χ1v) is 8.53. The van der Waals surface area contributed by atoms with Gasteiger partial charge in [0.1, 0.15) is 5.75 Å². The first-order chi connectivity index (χ1) is 10.7. The van der Waals surface area contributed by atoms with Crippen LogP contribution in [-0.2, 0) is 23.6 Å². The van der Waals surface area contributed by atoms with Gasteiger partial charge in [0.05, 0.1) is 12.0 Å². The molecule has 0 amide bonds. The average molecular weight is 336 g/mol. The van der Waals surface area contributed by atoms with Crippen LogP contribution in [0.2, 0.25) is 0 Å². The molecule has 0 bridgehead atoms. The normalized spacial score (nSPS) is 11.5. The molecule has 0 spiro atoms. The number of nitrogens with one attached hydrogen (secondary N) is 1. The average Bonchev–Trinajstić information content (AvgIpc) is 2.50. The van der Waals surface area contributed by atoms with Crippen LogP contribution in [0.3, 0.4) is 0 Å². The number of pyridine rings is 1. The Bertz CT molecular complexity index is 885. The van der Waals surface area contributed by atoms with E-state index in [1.807, 2.05) is 0 Å². The smallest absolute Gasteiger partial charge is 0.250 e. The molecule has 23 heavy (non-hydrogen) atoms. The van der Waals surface area contributed by atoms with E-state index in [0.717, 1.165) is 5.56 Å². The lowest BCUT2D eigenvalue weighted by atomic mass is 10.1. The van der Waals surface area contributed by atoms with E-state index < -0.39 is 10.0 Å². The number of nitrogens with zero attached hydrogens (tertiary/aromatic N) is 1. The van der Waals surface area contributed by atoms with Gasteiger partial charge >= 0.3 is 0 Å². The standard InChI is InChI=1S/C16H20N2O4S/c1-11-8-15(12(2)7-14(11)22-4)23(20,21)17-9-13-5-6-16(19)18(3)10-13/h5-8,10,17H,9H2,1-4H3. The van der Waals surface area contributed by atoms with Crippen molar-refractivity contribution >= 4 is 10.0 Å². The van der Waals surface area contributed by atoms with E-state index in [1.165, 1.54) is 10.6 Å². The lowest BCUT2D eigenvalue weighted by molar-refractivity contribution is 0.411. The Morgan fingerprint density at radius 2 is 1.87 bits per heavy atom. The molecule has 2 aromatic rings. The highest BCUT2D eigenvalue weighted by molar-refractivity contribution is 7.89. The largest absolute Gasteiger partial charge is 0.496 e. The molecule has 2 rings (SSSR count). The molecule has 1 N–H and O–H groups in total. The number of aryl methyl sites for hydroxylation is 3. The van der Waals surface area contributed by atoms with Gasteiger partial charge < -0.3 is 9.30 Å². The van der Waals surface area contributed by atoms with E-state index in [9.17, 15) is 13.2 Å². The third-order valence-electron chi connectivity index (χ3n) is 3.60. The van der Waals surface area contributed by atoms with Crippen LogP contribution >= 0.6 is 0 Å². The molecule has 1 aromatic heterocycles.